The summed E-state index contributed by atoms with van der Waals surface area (Å²) in [4.78, 5) is 28.5. The maximum absolute atomic E-state index is 12.9. The van der Waals surface area contributed by atoms with Gasteiger partial charge in [0, 0.05) is 31.8 Å². The summed E-state index contributed by atoms with van der Waals surface area (Å²) in [6.07, 6.45) is 0.163. The molecular formula is C22H23FN2O5. The second-order valence-corrected chi connectivity index (χ2v) is 7.30. The summed E-state index contributed by atoms with van der Waals surface area (Å²) in [5, 5.41) is 0. The first kappa shape index (κ1) is 20.0. The molecule has 2 aromatic carbocycles. The summed E-state index contributed by atoms with van der Waals surface area (Å²) in [6.45, 7) is 1.94. The molecule has 2 aliphatic heterocycles. The zero-order valence-corrected chi connectivity index (χ0v) is 16.7. The number of rotatable bonds is 6. The van der Waals surface area contributed by atoms with Crippen molar-refractivity contribution in [3.05, 3.63) is 48.3 Å². The van der Waals surface area contributed by atoms with Crippen molar-refractivity contribution in [2.45, 2.75) is 6.42 Å². The van der Waals surface area contributed by atoms with Crippen LogP contribution in [0.2, 0.25) is 0 Å². The number of ether oxygens (including phenoxy) is 3. The molecule has 0 N–H and O–H groups in total. The van der Waals surface area contributed by atoms with E-state index in [4.69, 9.17) is 14.2 Å². The number of anilines is 1. The highest BCUT2D eigenvalue weighted by Crippen LogP contribution is 2.36. The smallest absolute Gasteiger partial charge is 0.227 e. The van der Waals surface area contributed by atoms with Gasteiger partial charge in [-0.25, -0.2) is 4.39 Å². The molecule has 0 bridgehead atoms. The molecule has 0 aliphatic carbocycles. The Kier molecular flexibility index (Phi) is 5.74. The van der Waals surface area contributed by atoms with Crippen molar-refractivity contribution < 1.29 is 28.2 Å². The summed E-state index contributed by atoms with van der Waals surface area (Å²) < 4.78 is 29.6. The molecule has 0 spiro atoms. The summed E-state index contributed by atoms with van der Waals surface area (Å²) >= 11 is 0. The molecule has 2 heterocycles. The Bertz CT molecular complexity index is 934. The summed E-state index contributed by atoms with van der Waals surface area (Å²) in [7, 11) is 1.69. The summed E-state index contributed by atoms with van der Waals surface area (Å²) in [6, 6.07) is 11.1. The summed E-state index contributed by atoms with van der Waals surface area (Å²) in [5.41, 5.74) is 0.696. The molecular weight excluding hydrogens is 391 g/mol. The molecule has 2 aromatic rings. The number of benzene rings is 2. The zero-order chi connectivity index (χ0) is 21.1. The lowest BCUT2D eigenvalue weighted by molar-refractivity contribution is -0.134. The van der Waals surface area contributed by atoms with Crippen molar-refractivity contribution >= 4 is 17.5 Å². The fourth-order valence-electron chi connectivity index (χ4n) is 3.58. The van der Waals surface area contributed by atoms with Crippen LogP contribution in [-0.2, 0) is 9.59 Å². The van der Waals surface area contributed by atoms with Crippen molar-refractivity contribution in [3.63, 3.8) is 0 Å². The minimum Gasteiger partial charge on any atom is -0.492 e. The van der Waals surface area contributed by atoms with E-state index < -0.39 is 5.92 Å². The van der Waals surface area contributed by atoms with E-state index in [9.17, 15) is 14.0 Å². The number of likely N-dealkylation sites (N-methyl/N-ethyl adjacent to an activating group) is 1. The number of hydrogen-bond donors (Lipinski definition) is 0. The monoisotopic (exact) mass is 414 g/mol. The average molecular weight is 414 g/mol. The van der Waals surface area contributed by atoms with Crippen LogP contribution in [0.1, 0.15) is 6.42 Å². The van der Waals surface area contributed by atoms with Gasteiger partial charge in [0.25, 0.3) is 0 Å². The van der Waals surface area contributed by atoms with Crippen LogP contribution in [0, 0.1) is 11.7 Å². The molecule has 30 heavy (non-hydrogen) atoms. The standard InChI is InChI=1S/C22H23FN2O5/c1-24(8-9-28-18-5-2-16(23)3-6-18)22(27)15-12-21(26)25(14-15)17-4-7-19-20(13-17)30-11-10-29-19/h2-7,13,15H,8-12,14H2,1H3/t15-/m1/s1. The highest BCUT2D eigenvalue weighted by molar-refractivity contribution is 6.00. The largest absolute Gasteiger partial charge is 0.492 e. The van der Waals surface area contributed by atoms with E-state index in [1.807, 2.05) is 0 Å². The van der Waals surface area contributed by atoms with Crippen LogP contribution in [0.3, 0.4) is 0 Å². The van der Waals surface area contributed by atoms with E-state index in [1.54, 1.807) is 35.0 Å². The maximum atomic E-state index is 12.9. The normalized spacial score (nSPS) is 17.7. The first-order valence-electron chi connectivity index (χ1n) is 9.84. The molecule has 4 rings (SSSR count). The molecule has 0 saturated carbocycles. The third kappa shape index (κ3) is 4.32. The lowest BCUT2D eigenvalue weighted by Crippen LogP contribution is -2.37. The molecule has 158 valence electrons. The highest BCUT2D eigenvalue weighted by Gasteiger charge is 2.36. The van der Waals surface area contributed by atoms with Gasteiger partial charge in [-0.3, -0.25) is 9.59 Å². The lowest BCUT2D eigenvalue weighted by atomic mass is 10.1. The minimum absolute atomic E-state index is 0.0963. The number of amides is 2. The molecule has 0 aromatic heterocycles. The second kappa shape index (κ2) is 8.61. The molecule has 1 fully saturated rings. The van der Waals surface area contributed by atoms with Gasteiger partial charge in [0.2, 0.25) is 11.8 Å². The van der Waals surface area contributed by atoms with E-state index in [0.717, 1.165) is 0 Å². The molecule has 1 atom stereocenters. The van der Waals surface area contributed by atoms with Gasteiger partial charge in [0.15, 0.2) is 11.5 Å². The number of carbonyl (C=O) groups is 2. The van der Waals surface area contributed by atoms with Crippen LogP contribution in [0.4, 0.5) is 10.1 Å². The molecule has 2 amide bonds. The van der Waals surface area contributed by atoms with Crippen molar-refractivity contribution in [2.75, 3.05) is 44.9 Å². The van der Waals surface area contributed by atoms with E-state index in [0.29, 0.717) is 49.2 Å². The van der Waals surface area contributed by atoms with Crippen LogP contribution in [0.25, 0.3) is 0 Å². The number of halogens is 1. The molecule has 2 aliphatic rings. The van der Waals surface area contributed by atoms with Gasteiger partial charge in [-0.15, -0.1) is 0 Å². The van der Waals surface area contributed by atoms with Crippen molar-refractivity contribution in [1.29, 1.82) is 0 Å². The van der Waals surface area contributed by atoms with Crippen LogP contribution in [0.5, 0.6) is 17.2 Å². The molecule has 8 heteroatoms. The first-order chi connectivity index (χ1) is 14.5. The number of fused-ring (bicyclic) bond motifs is 1. The zero-order valence-electron chi connectivity index (χ0n) is 16.7. The molecule has 7 nitrogen and oxygen atoms in total. The van der Waals surface area contributed by atoms with Gasteiger partial charge in [-0.2, -0.15) is 0 Å². The fraction of sp³-hybridized carbons (Fsp3) is 0.364. The maximum Gasteiger partial charge on any atom is 0.227 e. The van der Waals surface area contributed by atoms with E-state index in [-0.39, 0.29) is 30.7 Å². The quantitative estimate of drug-likeness (QED) is 0.727. The Morgan fingerprint density at radius 3 is 2.67 bits per heavy atom. The van der Waals surface area contributed by atoms with Gasteiger partial charge >= 0.3 is 0 Å². The molecule has 0 radical (unpaired) electrons. The topological polar surface area (TPSA) is 68.3 Å². The number of hydrogen-bond acceptors (Lipinski definition) is 5. The second-order valence-electron chi connectivity index (χ2n) is 7.30. The van der Waals surface area contributed by atoms with Crippen molar-refractivity contribution in [1.82, 2.24) is 4.90 Å². The van der Waals surface area contributed by atoms with E-state index >= 15 is 0 Å². The SMILES string of the molecule is CN(CCOc1ccc(F)cc1)C(=O)[C@@H]1CC(=O)N(c2ccc3c(c2)OCCO3)C1. The molecule has 0 unspecified atom stereocenters. The van der Waals surface area contributed by atoms with Gasteiger partial charge < -0.3 is 24.0 Å². The fourth-order valence-corrected chi connectivity index (χ4v) is 3.58. The molecule has 1 saturated heterocycles. The first-order valence-corrected chi connectivity index (χ1v) is 9.84. The summed E-state index contributed by atoms with van der Waals surface area (Å²) in [5.74, 6) is 0.858. The van der Waals surface area contributed by atoms with Gasteiger partial charge in [-0.1, -0.05) is 0 Å². The van der Waals surface area contributed by atoms with Gasteiger partial charge in [-0.05, 0) is 36.4 Å². The Labute approximate surface area is 173 Å². The number of carbonyl (C=O) groups excluding carboxylic acids is 2. The van der Waals surface area contributed by atoms with Crippen LogP contribution in [0.15, 0.2) is 42.5 Å². The third-order valence-corrected chi connectivity index (χ3v) is 5.20. The highest BCUT2D eigenvalue weighted by atomic mass is 19.1. The van der Waals surface area contributed by atoms with E-state index in [1.165, 1.54) is 24.3 Å². The Hall–Kier alpha value is -3.29. The average Bonchev–Trinajstić information content (AvgIpc) is 3.15. The van der Waals surface area contributed by atoms with Crippen LogP contribution >= 0.6 is 0 Å². The van der Waals surface area contributed by atoms with Crippen molar-refractivity contribution in [2.24, 2.45) is 5.92 Å². The predicted octanol–water partition coefficient (Wildman–Crippen LogP) is 2.49. The number of nitrogens with zero attached hydrogens (tertiary/aromatic N) is 2. The van der Waals surface area contributed by atoms with Gasteiger partial charge in [0.05, 0.1) is 12.5 Å². The van der Waals surface area contributed by atoms with E-state index in [2.05, 4.69) is 0 Å². The van der Waals surface area contributed by atoms with Gasteiger partial charge in [0.1, 0.15) is 31.4 Å². The third-order valence-electron chi connectivity index (χ3n) is 5.20. The van der Waals surface area contributed by atoms with Crippen molar-refractivity contribution in [3.8, 4) is 17.2 Å². The predicted molar refractivity (Wildman–Crippen MR) is 107 cm³/mol. The minimum atomic E-state index is -0.415. The Balaban J connectivity index is 1.32. The Morgan fingerprint density at radius 1 is 1.17 bits per heavy atom. The lowest BCUT2D eigenvalue weighted by Gasteiger charge is -2.23. The Morgan fingerprint density at radius 2 is 1.90 bits per heavy atom. The van der Waals surface area contributed by atoms with Crippen LogP contribution in [-0.4, -0.2) is 56.7 Å². The van der Waals surface area contributed by atoms with Crippen LogP contribution < -0.4 is 19.1 Å².